The second kappa shape index (κ2) is 11.2. The van der Waals surface area contributed by atoms with Crippen molar-refractivity contribution in [3.05, 3.63) is 101 Å². The number of benzene rings is 2. The highest BCUT2D eigenvalue weighted by molar-refractivity contribution is 5.98. The molecule has 14 heteroatoms. The van der Waals surface area contributed by atoms with Crippen LogP contribution in [0.1, 0.15) is 32.0 Å². The summed E-state index contributed by atoms with van der Waals surface area (Å²) >= 11 is 0. The minimum absolute atomic E-state index is 0.00805. The summed E-state index contributed by atoms with van der Waals surface area (Å²) in [5.74, 6) is -3.33. The molecular weight excluding hydrogens is 563 g/mol. The molecule has 0 radical (unpaired) electrons. The Kier molecular flexibility index (Phi) is 7.53. The van der Waals surface area contributed by atoms with Gasteiger partial charge in [0.1, 0.15) is 28.6 Å². The first-order valence-corrected chi connectivity index (χ1v) is 12.2. The second-order valence-electron chi connectivity index (χ2n) is 8.88. The molecule has 1 amide bonds. The SMILES string of the molecule is CNC(=O)c1cc(Oc2ccc3nc(Nc4ccc(CC(=O)c5c(F)ccnc5F)c(C(F)(F)F)c4)[nH]c3c2)ccn1. The van der Waals surface area contributed by atoms with E-state index in [9.17, 15) is 31.5 Å². The molecule has 3 N–H and O–H groups in total. The Labute approximate surface area is 233 Å². The number of ketones is 1. The fourth-order valence-corrected chi connectivity index (χ4v) is 4.11. The van der Waals surface area contributed by atoms with Gasteiger partial charge >= 0.3 is 6.18 Å². The minimum Gasteiger partial charge on any atom is -0.457 e. The van der Waals surface area contributed by atoms with Gasteiger partial charge in [0.15, 0.2) is 5.78 Å². The van der Waals surface area contributed by atoms with Gasteiger partial charge in [0.25, 0.3) is 5.91 Å². The van der Waals surface area contributed by atoms with E-state index < -0.39 is 46.8 Å². The first-order chi connectivity index (χ1) is 20.0. The van der Waals surface area contributed by atoms with Crippen LogP contribution in [0.2, 0.25) is 0 Å². The normalized spacial score (nSPS) is 11.4. The molecule has 5 rings (SSSR count). The Balaban J connectivity index is 1.37. The average Bonchev–Trinajstić information content (AvgIpc) is 3.34. The molecule has 5 aromatic rings. The zero-order valence-corrected chi connectivity index (χ0v) is 21.5. The Morgan fingerprint density at radius 2 is 1.71 bits per heavy atom. The summed E-state index contributed by atoms with van der Waals surface area (Å²) in [6, 6.07) is 11.7. The quantitative estimate of drug-likeness (QED) is 0.117. The van der Waals surface area contributed by atoms with Crippen LogP contribution in [0.3, 0.4) is 0 Å². The van der Waals surface area contributed by atoms with Gasteiger partial charge in [-0.25, -0.2) is 14.4 Å². The number of carbonyl (C=O) groups excluding carboxylic acids is 2. The summed E-state index contributed by atoms with van der Waals surface area (Å²) in [6.45, 7) is 0. The summed E-state index contributed by atoms with van der Waals surface area (Å²) in [7, 11) is 1.48. The van der Waals surface area contributed by atoms with E-state index in [1.54, 1.807) is 24.3 Å². The van der Waals surface area contributed by atoms with Crippen molar-refractivity contribution in [2.75, 3.05) is 12.4 Å². The third kappa shape index (κ3) is 6.01. The molecule has 0 bridgehead atoms. The van der Waals surface area contributed by atoms with E-state index in [1.807, 2.05) is 0 Å². The van der Waals surface area contributed by atoms with Crippen molar-refractivity contribution in [2.45, 2.75) is 12.6 Å². The van der Waals surface area contributed by atoms with E-state index in [0.29, 0.717) is 22.5 Å². The summed E-state index contributed by atoms with van der Waals surface area (Å²) in [4.78, 5) is 38.7. The van der Waals surface area contributed by atoms with Crippen molar-refractivity contribution in [1.82, 2.24) is 25.3 Å². The van der Waals surface area contributed by atoms with Gasteiger partial charge in [-0.15, -0.1) is 0 Å². The molecule has 214 valence electrons. The van der Waals surface area contributed by atoms with Gasteiger partial charge in [-0.2, -0.15) is 17.6 Å². The Hall–Kier alpha value is -5.40. The zero-order chi connectivity index (χ0) is 30.0. The smallest absolute Gasteiger partial charge is 0.416 e. The second-order valence-corrected chi connectivity index (χ2v) is 8.88. The van der Waals surface area contributed by atoms with Crippen LogP contribution in [-0.4, -0.2) is 38.7 Å². The predicted octanol–water partition coefficient (Wildman–Crippen LogP) is 5.97. The average molecular weight is 582 g/mol. The number of aromatic amines is 1. The van der Waals surface area contributed by atoms with Gasteiger partial charge in [0.2, 0.25) is 11.9 Å². The lowest BCUT2D eigenvalue weighted by molar-refractivity contribution is -0.138. The fourth-order valence-electron chi connectivity index (χ4n) is 4.11. The van der Waals surface area contributed by atoms with E-state index in [1.165, 1.54) is 25.4 Å². The number of hydrogen-bond donors (Lipinski definition) is 3. The molecule has 0 spiro atoms. The number of fused-ring (bicyclic) bond motifs is 1. The van der Waals surface area contributed by atoms with Crippen molar-refractivity contribution in [1.29, 1.82) is 0 Å². The monoisotopic (exact) mass is 582 g/mol. The van der Waals surface area contributed by atoms with Crippen LogP contribution in [0.4, 0.5) is 33.6 Å². The number of H-pyrrole nitrogens is 1. The van der Waals surface area contributed by atoms with Crippen molar-refractivity contribution >= 4 is 34.4 Å². The van der Waals surface area contributed by atoms with Crippen LogP contribution in [-0.2, 0) is 12.6 Å². The van der Waals surface area contributed by atoms with E-state index in [-0.39, 0.29) is 23.2 Å². The molecule has 0 aliphatic rings. The maximum absolute atomic E-state index is 14.0. The maximum atomic E-state index is 14.0. The first kappa shape index (κ1) is 28.1. The topological polar surface area (TPSA) is 122 Å². The minimum atomic E-state index is -4.87. The number of alkyl halides is 3. The third-order valence-corrected chi connectivity index (χ3v) is 6.04. The standard InChI is InChI=1S/C28H19F5N6O3/c1-34-26(41)22-13-17(6-8-35-22)42-16-4-5-20-21(12-16)39-27(38-20)37-15-3-2-14(18(11-15)28(31,32)33)10-23(40)24-19(29)7-9-36-25(24)30/h2-9,11-13H,10H2,1H3,(H,34,41)(H2,37,38,39). The molecule has 3 heterocycles. The van der Waals surface area contributed by atoms with E-state index in [4.69, 9.17) is 4.74 Å². The Morgan fingerprint density at radius 1 is 0.952 bits per heavy atom. The van der Waals surface area contributed by atoms with Gasteiger partial charge in [0.05, 0.1) is 16.6 Å². The number of ether oxygens (including phenoxy) is 1. The van der Waals surface area contributed by atoms with Crippen molar-refractivity contribution in [3.8, 4) is 11.5 Å². The van der Waals surface area contributed by atoms with E-state index >= 15 is 0 Å². The number of pyridine rings is 2. The molecule has 0 unspecified atom stereocenters. The molecule has 0 atom stereocenters. The number of imidazole rings is 1. The summed E-state index contributed by atoms with van der Waals surface area (Å²) < 4.78 is 75.3. The summed E-state index contributed by atoms with van der Waals surface area (Å²) in [5.41, 5.74) is -1.51. The molecule has 0 saturated carbocycles. The third-order valence-electron chi connectivity index (χ3n) is 6.04. The lowest BCUT2D eigenvalue weighted by Gasteiger charge is -2.15. The highest BCUT2D eigenvalue weighted by atomic mass is 19.4. The number of carbonyl (C=O) groups is 2. The van der Waals surface area contributed by atoms with Crippen LogP contribution in [0.25, 0.3) is 11.0 Å². The van der Waals surface area contributed by atoms with Gasteiger partial charge < -0.3 is 20.4 Å². The van der Waals surface area contributed by atoms with Crippen LogP contribution in [0, 0.1) is 11.8 Å². The van der Waals surface area contributed by atoms with E-state index in [0.717, 1.165) is 24.4 Å². The van der Waals surface area contributed by atoms with Crippen molar-refractivity contribution in [3.63, 3.8) is 0 Å². The number of halogens is 5. The van der Waals surface area contributed by atoms with Gasteiger partial charge in [0, 0.05) is 43.7 Å². The fraction of sp³-hybridized carbons (Fsp3) is 0.107. The number of Topliss-reactive ketones (excluding diaryl/α,β-unsaturated/α-hetero) is 1. The number of anilines is 2. The number of nitrogens with one attached hydrogen (secondary N) is 3. The van der Waals surface area contributed by atoms with Crippen molar-refractivity contribution < 1.29 is 36.3 Å². The van der Waals surface area contributed by atoms with Crippen LogP contribution >= 0.6 is 0 Å². The predicted molar refractivity (Wildman–Crippen MR) is 141 cm³/mol. The largest absolute Gasteiger partial charge is 0.457 e. The van der Waals surface area contributed by atoms with E-state index in [2.05, 4.69) is 30.6 Å². The molecule has 2 aromatic carbocycles. The maximum Gasteiger partial charge on any atom is 0.416 e. The molecule has 42 heavy (non-hydrogen) atoms. The number of aromatic nitrogens is 4. The lowest BCUT2D eigenvalue weighted by Crippen LogP contribution is -2.18. The van der Waals surface area contributed by atoms with Crippen LogP contribution in [0.15, 0.2) is 67.0 Å². The molecule has 0 fully saturated rings. The highest BCUT2D eigenvalue weighted by Gasteiger charge is 2.34. The van der Waals surface area contributed by atoms with Crippen LogP contribution in [0.5, 0.6) is 11.5 Å². The van der Waals surface area contributed by atoms with Crippen LogP contribution < -0.4 is 15.4 Å². The molecule has 9 nitrogen and oxygen atoms in total. The lowest BCUT2D eigenvalue weighted by atomic mass is 9.98. The molecule has 0 aliphatic carbocycles. The number of nitrogens with zero attached hydrogens (tertiary/aromatic N) is 3. The Bertz CT molecular complexity index is 1800. The van der Waals surface area contributed by atoms with Gasteiger partial charge in [-0.1, -0.05) is 6.07 Å². The zero-order valence-electron chi connectivity index (χ0n) is 21.5. The summed E-state index contributed by atoms with van der Waals surface area (Å²) in [5, 5.41) is 5.23. The molecule has 0 saturated heterocycles. The van der Waals surface area contributed by atoms with Gasteiger partial charge in [-0.3, -0.25) is 14.6 Å². The number of amides is 1. The number of rotatable bonds is 8. The van der Waals surface area contributed by atoms with Crippen molar-refractivity contribution in [2.24, 2.45) is 0 Å². The Morgan fingerprint density at radius 3 is 2.45 bits per heavy atom. The number of hydrogen-bond acceptors (Lipinski definition) is 7. The molecule has 0 aliphatic heterocycles. The highest BCUT2D eigenvalue weighted by Crippen LogP contribution is 2.35. The first-order valence-electron chi connectivity index (χ1n) is 12.2. The molecule has 3 aromatic heterocycles. The van der Waals surface area contributed by atoms with Gasteiger partial charge in [-0.05, 0) is 42.0 Å². The summed E-state index contributed by atoms with van der Waals surface area (Å²) in [6.07, 6.45) is -3.54. The molecular formula is C28H19F5N6O3.